The van der Waals surface area contributed by atoms with Crippen LogP contribution in [0.15, 0.2) is 6.07 Å². The third-order valence-electron chi connectivity index (χ3n) is 1.65. The zero-order chi connectivity index (χ0) is 13.4. The van der Waals surface area contributed by atoms with Gasteiger partial charge in [-0.25, -0.2) is 0 Å². The maximum atomic E-state index is 10.5. The highest BCUT2D eigenvalue weighted by atomic mass is 32.1. The minimum Gasteiger partial charge on any atom is -0.314 e. The van der Waals surface area contributed by atoms with E-state index in [1.807, 2.05) is 13.8 Å². The Bertz CT molecular complexity index is 391. The third-order valence-corrected chi connectivity index (χ3v) is 2.90. The van der Waals surface area contributed by atoms with Gasteiger partial charge in [-0.3, -0.25) is 10.1 Å². The molecule has 0 saturated heterocycles. The minimum absolute atomic E-state index is 0.0751. The number of hydrogen-bond acceptors (Lipinski definition) is 6. The van der Waals surface area contributed by atoms with Crippen molar-refractivity contribution >= 4 is 16.3 Å². The van der Waals surface area contributed by atoms with Crippen molar-refractivity contribution < 1.29 is 14.8 Å². The fraction of sp³-hybridized carbons (Fsp3) is 0.556. The Morgan fingerprint density at radius 1 is 1.35 bits per heavy atom. The van der Waals surface area contributed by atoms with Crippen LogP contribution >= 0.6 is 11.3 Å². The zero-order valence-corrected chi connectivity index (χ0v) is 10.7. The van der Waals surface area contributed by atoms with E-state index in [1.165, 1.54) is 0 Å². The van der Waals surface area contributed by atoms with Crippen LogP contribution < -0.4 is 0 Å². The summed E-state index contributed by atoms with van der Waals surface area (Å²) in [5.74, 6) is 0. The highest BCUT2D eigenvalue weighted by Crippen LogP contribution is 2.29. The molecule has 0 atom stereocenters. The molecule has 0 aliphatic rings. The van der Waals surface area contributed by atoms with Crippen LogP contribution in [0, 0.1) is 27.2 Å². The van der Waals surface area contributed by atoms with Crippen LogP contribution in [0.3, 0.4) is 0 Å². The molecule has 8 heteroatoms. The smallest absolute Gasteiger partial charge is 0.314 e. The molecular weight excluding hydrogens is 248 g/mol. The molecule has 0 fully saturated rings. The molecule has 0 N–H and O–H groups in total. The lowest BCUT2D eigenvalue weighted by molar-refractivity contribution is -0.757. The molecule has 0 spiro atoms. The monoisotopic (exact) mass is 262 g/mol. The van der Waals surface area contributed by atoms with Crippen molar-refractivity contribution in [2.45, 2.75) is 27.2 Å². The topological polar surface area (TPSA) is 95.5 Å². The Balaban J connectivity index is 0.00000121. The molecule has 0 aliphatic heterocycles. The molecule has 0 unspecified atom stereocenters. The van der Waals surface area contributed by atoms with Crippen molar-refractivity contribution in [2.24, 2.45) is 0 Å². The standard InChI is InChI=1S/C7H8N2O5S.C2H6/c1-5-4-6(2-3-14-9(12)13)15-7(5)8(10)11;1-2/h4H,2-3H2,1H3;1-2H3. The molecule has 96 valence electrons. The molecule has 17 heavy (non-hydrogen) atoms. The van der Waals surface area contributed by atoms with Gasteiger partial charge < -0.3 is 4.84 Å². The Hall–Kier alpha value is -1.70. The first-order chi connectivity index (χ1) is 8.00. The van der Waals surface area contributed by atoms with Crippen molar-refractivity contribution in [1.29, 1.82) is 0 Å². The van der Waals surface area contributed by atoms with Crippen molar-refractivity contribution in [3.05, 3.63) is 36.7 Å². The van der Waals surface area contributed by atoms with Gasteiger partial charge in [-0.15, -0.1) is 10.1 Å². The highest BCUT2D eigenvalue weighted by molar-refractivity contribution is 7.15. The van der Waals surface area contributed by atoms with Crippen molar-refractivity contribution in [3.8, 4) is 0 Å². The van der Waals surface area contributed by atoms with E-state index in [-0.39, 0.29) is 11.6 Å². The molecule has 0 amide bonds. The molecule has 1 aromatic rings. The van der Waals surface area contributed by atoms with Crippen LogP contribution in [0.2, 0.25) is 0 Å². The lowest BCUT2D eigenvalue weighted by atomic mass is 10.3. The fourth-order valence-electron chi connectivity index (χ4n) is 1.06. The lowest BCUT2D eigenvalue weighted by Gasteiger charge is -1.94. The van der Waals surface area contributed by atoms with Crippen LogP contribution in [0.4, 0.5) is 5.00 Å². The average Bonchev–Trinajstić information content (AvgIpc) is 2.62. The van der Waals surface area contributed by atoms with E-state index in [4.69, 9.17) is 0 Å². The van der Waals surface area contributed by atoms with Gasteiger partial charge >= 0.3 is 5.00 Å². The van der Waals surface area contributed by atoms with E-state index < -0.39 is 10.0 Å². The Labute approximate surface area is 102 Å². The van der Waals surface area contributed by atoms with E-state index in [9.17, 15) is 20.2 Å². The molecule has 0 bridgehead atoms. The van der Waals surface area contributed by atoms with Crippen LogP contribution in [0.1, 0.15) is 24.3 Å². The second-order valence-electron chi connectivity index (χ2n) is 2.76. The second kappa shape index (κ2) is 7.55. The maximum Gasteiger partial charge on any atom is 0.327 e. The molecule has 0 aromatic carbocycles. The maximum absolute atomic E-state index is 10.5. The zero-order valence-electron chi connectivity index (χ0n) is 9.84. The summed E-state index contributed by atoms with van der Waals surface area (Å²) in [5, 5.41) is 19.5. The van der Waals surface area contributed by atoms with E-state index in [0.717, 1.165) is 11.3 Å². The molecule has 0 aliphatic carbocycles. The first kappa shape index (κ1) is 15.3. The minimum atomic E-state index is -0.880. The van der Waals surface area contributed by atoms with Gasteiger partial charge in [-0.1, -0.05) is 25.2 Å². The van der Waals surface area contributed by atoms with Crippen molar-refractivity contribution in [2.75, 3.05) is 6.61 Å². The highest BCUT2D eigenvalue weighted by Gasteiger charge is 2.15. The summed E-state index contributed by atoms with van der Waals surface area (Å²) in [4.78, 5) is 24.7. The van der Waals surface area contributed by atoms with E-state index in [2.05, 4.69) is 4.84 Å². The summed E-state index contributed by atoms with van der Waals surface area (Å²) < 4.78 is 0. The fourth-order valence-corrected chi connectivity index (χ4v) is 2.03. The molecular formula is C9H14N2O5S. The first-order valence-corrected chi connectivity index (χ1v) is 5.83. The Morgan fingerprint density at radius 3 is 2.35 bits per heavy atom. The Morgan fingerprint density at radius 2 is 1.94 bits per heavy atom. The summed E-state index contributed by atoms with van der Waals surface area (Å²) in [5.41, 5.74) is 0.570. The summed E-state index contributed by atoms with van der Waals surface area (Å²) in [7, 11) is 0. The number of hydrogen-bond donors (Lipinski definition) is 0. The summed E-state index contributed by atoms with van der Waals surface area (Å²) in [6.07, 6.45) is 0.306. The number of nitro groups is 1. The van der Waals surface area contributed by atoms with Gasteiger partial charge in [0, 0.05) is 16.9 Å². The van der Waals surface area contributed by atoms with Gasteiger partial charge in [0.05, 0.1) is 4.92 Å². The molecule has 1 rings (SSSR count). The van der Waals surface area contributed by atoms with Crippen LogP contribution in [-0.2, 0) is 11.3 Å². The predicted molar refractivity (Wildman–Crippen MR) is 63.7 cm³/mol. The van der Waals surface area contributed by atoms with Gasteiger partial charge in [-0.2, -0.15) is 0 Å². The summed E-state index contributed by atoms with van der Waals surface area (Å²) in [6, 6.07) is 1.64. The molecule has 1 aromatic heterocycles. The van der Waals surface area contributed by atoms with E-state index in [1.54, 1.807) is 13.0 Å². The molecule has 0 saturated carbocycles. The number of rotatable bonds is 5. The first-order valence-electron chi connectivity index (χ1n) is 5.01. The van der Waals surface area contributed by atoms with Crippen molar-refractivity contribution in [1.82, 2.24) is 0 Å². The van der Waals surface area contributed by atoms with Gasteiger partial charge in [0.1, 0.15) is 6.61 Å². The normalized spacial score (nSPS) is 9.12. The second-order valence-corrected chi connectivity index (χ2v) is 3.88. The van der Waals surface area contributed by atoms with Crippen molar-refractivity contribution in [3.63, 3.8) is 0 Å². The van der Waals surface area contributed by atoms with Gasteiger partial charge in [0.15, 0.2) is 0 Å². The SMILES string of the molecule is CC.Cc1cc(CCO[N+](=O)[O-])sc1[N+](=O)[O-]. The average molecular weight is 262 g/mol. The van der Waals surface area contributed by atoms with Gasteiger partial charge in [0.2, 0.25) is 0 Å². The third kappa shape index (κ3) is 5.25. The van der Waals surface area contributed by atoms with Crippen LogP contribution in [0.5, 0.6) is 0 Å². The lowest BCUT2D eigenvalue weighted by Crippen LogP contribution is -2.03. The number of thiophene rings is 1. The quantitative estimate of drug-likeness (QED) is 0.600. The van der Waals surface area contributed by atoms with Gasteiger partial charge in [-0.05, 0) is 13.0 Å². The van der Waals surface area contributed by atoms with Gasteiger partial charge in [0.25, 0.3) is 5.09 Å². The molecule has 0 radical (unpaired) electrons. The van der Waals surface area contributed by atoms with E-state index >= 15 is 0 Å². The number of aryl methyl sites for hydroxylation is 1. The van der Waals surface area contributed by atoms with E-state index in [0.29, 0.717) is 16.9 Å². The largest absolute Gasteiger partial charge is 0.327 e. The molecule has 1 heterocycles. The van der Waals surface area contributed by atoms with Crippen LogP contribution in [0.25, 0.3) is 0 Å². The number of nitrogens with zero attached hydrogens (tertiary/aromatic N) is 2. The Kier molecular flexibility index (Phi) is 6.80. The summed E-state index contributed by atoms with van der Waals surface area (Å²) >= 11 is 1.02. The predicted octanol–water partition coefficient (Wildman–Crippen LogP) is 2.74. The van der Waals surface area contributed by atoms with Crippen LogP contribution in [-0.4, -0.2) is 16.6 Å². The molecule has 7 nitrogen and oxygen atoms in total. The summed E-state index contributed by atoms with van der Waals surface area (Å²) in [6.45, 7) is 5.55.